The number of benzene rings is 2. The Hall–Kier alpha value is -2.41. The molecular weight excluding hydrogens is 300 g/mol. The van der Waals surface area contributed by atoms with E-state index in [1.807, 2.05) is 30.3 Å². The summed E-state index contributed by atoms with van der Waals surface area (Å²) in [5.74, 6) is -0.736. The molecule has 0 aliphatic carbocycles. The number of halogens is 1. The van der Waals surface area contributed by atoms with Gasteiger partial charge in [0, 0.05) is 5.02 Å². The summed E-state index contributed by atoms with van der Waals surface area (Å²) in [5, 5.41) is 15.7. The standard InChI is InChI=1S/C7H6O3.C6H5Cl.CH2O3/c8-7(10-9)6-4-2-1-3-5-6;7-6-4-2-1-3-5-6;2-1-4-3/h1-5,9H;1-5H;1,3H. The van der Waals surface area contributed by atoms with Gasteiger partial charge in [0.1, 0.15) is 0 Å². The summed E-state index contributed by atoms with van der Waals surface area (Å²) < 4.78 is 0. The third-order valence-electron chi connectivity index (χ3n) is 1.87. The molecule has 6 nitrogen and oxygen atoms in total. The first-order valence-electron chi connectivity index (χ1n) is 5.51. The maximum atomic E-state index is 10.5. The Morgan fingerprint density at radius 1 is 0.952 bits per heavy atom. The first-order valence-corrected chi connectivity index (χ1v) is 5.88. The van der Waals surface area contributed by atoms with Gasteiger partial charge >= 0.3 is 12.4 Å². The molecule has 0 saturated heterocycles. The van der Waals surface area contributed by atoms with Crippen molar-refractivity contribution in [3.05, 3.63) is 71.2 Å². The van der Waals surface area contributed by atoms with E-state index in [0.29, 0.717) is 5.56 Å². The van der Waals surface area contributed by atoms with Gasteiger partial charge in [0.2, 0.25) is 0 Å². The van der Waals surface area contributed by atoms with Gasteiger partial charge in [0.25, 0.3) is 0 Å². The zero-order valence-electron chi connectivity index (χ0n) is 10.8. The van der Waals surface area contributed by atoms with Crippen LogP contribution in [0.1, 0.15) is 10.4 Å². The Labute approximate surface area is 126 Å². The fourth-order valence-electron chi connectivity index (χ4n) is 1.04. The van der Waals surface area contributed by atoms with Gasteiger partial charge in [-0.15, -0.1) is 0 Å². The molecule has 0 aliphatic heterocycles. The number of rotatable bonds is 2. The van der Waals surface area contributed by atoms with Crippen LogP contribution in [0, 0.1) is 0 Å². The van der Waals surface area contributed by atoms with Crippen LogP contribution in [0.2, 0.25) is 5.02 Å². The van der Waals surface area contributed by atoms with E-state index in [9.17, 15) is 4.79 Å². The van der Waals surface area contributed by atoms with E-state index in [-0.39, 0.29) is 6.47 Å². The molecule has 0 fully saturated rings. The van der Waals surface area contributed by atoms with Crippen molar-refractivity contribution in [3.63, 3.8) is 0 Å². The summed E-state index contributed by atoms with van der Waals surface area (Å²) in [6.07, 6.45) is 0. The molecule has 0 spiro atoms. The Balaban J connectivity index is 0.000000317. The Morgan fingerprint density at radius 2 is 1.38 bits per heavy atom. The quantitative estimate of drug-likeness (QED) is 0.502. The highest BCUT2D eigenvalue weighted by Crippen LogP contribution is 2.03. The lowest BCUT2D eigenvalue weighted by Gasteiger charge is -1.92. The van der Waals surface area contributed by atoms with Crippen LogP contribution in [0.3, 0.4) is 0 Å². The fraction of sp³-hybridized carbons (Fsp3) is 0. The SMILES string of the molecule is Clc1ccccc1.O=C(OO)c1ccccc1.O=COO. The van der Waals surface area contributed by atoms with Crippen LogP contribution >= 0.6 is 11.6 Å². The van der Waals surface area contributed by atoms with E-state index in [0.717, 1.165) is 5.02 Å². The molecule has 0 heterocycles. The van der Waals surface area contributed by atoms with Crippen LogP contribution in [-0.4, -0.2) is 23.0 Å². The monoisotopic (exact) mass is 312 g/mol. The van der Waals surface area contributed by atoms with Gasteiger partial charge in [-0.1, -0.05) is 48.0 Å². The molecule has 2 N–H and O–H groups in total. The number of hydrogen-bond acceptors (Lipinski definition) is 6. The second-order valence-electron chi connectivity index (χ2n) is 3.24. The predicted octanol–water partition coefficient (Wildman–Crippen LogP) is 3.29. The normalized spacial score (nSPS) is 8.14. The molecule has 112 valence electrons. The highest BCUT2D eigenvalue weighted by atomic mass is 35.5. The molecule has 0 unspecified atom stereocenters. The van der Waals surface area contributed by atoms with Crippen LogP contribution in [0.5, 0.6) is 0 Å². The second kappa shape index (κ2) is 12.6. The minimum atomic E-state index is -0.736. The van der Waals surface area contributed by atoms with E-state index >= 15 is 0 Å². The number of hydrogen-bond donors (Lipinski definition) is 2. The van der Waals surface area contributed by atoms with E-state index < -0.39 is 5.97 Å². The minimum absolute atomic E-state index is 0.0694. The maximum Gasteiger partial charge on any atom is 0.372 e. The summed E-state index contributed by atoms with van der Waals surface area (Å²) in [4.78, 5) is 25.6. The minimum Gasteiger partial charge on any atom is -0.304 e. The van der Waals surface area contributed by atoms with E-state index in [1.165, 1.54) is 0 Å². The van der Waals surface area contributed by atoms with Crippen molar-refractivity contribution >= 4 is 24.0 Å². The van der Waals surface area contributed by atoms with Gasteiger partial charge in [0.05, 0.1) is 5.56 Å². The summed E-state index contributed by atoms with van der Waals surface area (Å²) in [7, 11) is 0. The molecular formula is C14H13ClO6. The largest absolute Gasteiger partial charge is 0.372 e. The van der Waals surface area contributed by atoms with Crippen LogP contribution in [0.15, 0.2) is 60.7 Å². The molecule has 2 aromatic rings. The smallest absolute Gasteiger partial charge is 0.304 e. The maximum absolute atomic E-state index is 10.5. The molecule has 0 bridgehead atoms. The summed E-state index contributed by atoms with van der Waals surface area (Å²) in [5.41, 5.74) is 0.338. The fourth-order valence-corrected chi connectivity index (χ4v) is 1.19. The zero-order valence-corrected chi connectivity index (χ0v) is 11.5. The average molecular weight is 313 g/mol. The highest BCUT2D eigenvalue weighted by Gasteiger charge is 2.02. The third-order valence-corrected chi connectivity index (χ3v) is 2.12. The molecule has 2 rings (SSSR count). The first kappa shape index (κ1) is 18.6. The van der Waals surface area contributed by atoms with Crippen LogP contribution in [0.4, 0.5) is 0 Å². The van der Waals surface area contributed by atoms with Crippen LogP contribution in [0.25, 0.3) is 0 Å². The molecule has 0 aliphatic rings. The molecule has 0 radical (unpaired) electrons. The summed E-state index contributed by atoms with van der Waals surface area (Å²) in [6, 6.07) is 17.7. The van der Waals surface area contributed by atoms with Gasteiger partial charge in [-0.3, -0.25) is 9.68 Å². The predicted molar refractivity (Wildman–Crippen MR) is 75.7 cm³/mol. The molecule has 0 saturated carbocycles. The summed E-state index contributed by atoms with van der Waals surface area (Å²) >= 11 is 5.54. The lowest BCUT2D eigenvalue weighted by Crippen LogP contribution is -2.00. The van der Waals surface area contributed by atoms with E-state index in [2.05, 4.69) is 9.78 Å². The average Bonchev–Trinajstić information content (AvgIpc) is 2.56. The second-order valence-corrected chi connectivity index (χ2v) is 3.68. The van der Waals surface area contributed by atoms with Crippen molar-refractivity contribution in [1.29, 1.82) is 0 Å². The molecule has 0 aromatic heterocycles. The van der Waals surface area contributed by atoms with Gasteiger partial charge in [-0.25, -0.2) is 10.1 Å². The van der Waals surface area contributed by atoms with Crippen LogP contribution < -0.4 is 0 Å². The molecule has 0 amide bonds. The Kier molecular flexibility index (Phi) is 11.2. The van der Waals surface area contributed by atoms with E-state index in [4.69, 9.17) is 26.9 Å². The molecule has 21 heavy (non-hydrogen) atoms. The zero-order chi connectivity index (χ0) is 15.9. The van der Waals surface area contributed by atoms with Gasteiger partial charge in [0.15, 0.2) is 0 Å². The number of carbonyl (C=O) groups is 2. The Bertz CT molecular complexity index is 503. The van der Waals surface area contributed by atoms with Crippen molar-refractivity contribution in [2.45, 2.75) is 0 Å². The van der Waals surface area contributed by atoms with Crippen molar-refractivity contribution in [2.75, 3.05) is 0 Å². The highest BCUT2D eigenvalue weighted by molar-refractivity contribution is 6.30. The van der Waals surface area contributed by atoms with Crippen LogP contribution in [-0.2, 0) is 14.6 Å². The third kappa shape index (κ3) is 10.1. The van der Waals surface area contributed by atoms with Gasteiger partial charge < -0.3 is 4.89 Å². The topological polar surface area (TPSA) is 93.1 Å². The molecule has 2 aromatic carbocycles. The van der Waals surface area contributed by atoms with Crippen molar-refractivity contribution in [1.82, 2.24) is 0 Å². The van der Waals surface area contributed by atoms with E-state index in [1.54, 1.807) is 30.3 Å². The molecule has 0 atom stereocenters. The van der Waals surface area contributed by atoms with Gasteiger partial charge in [-0.2, -0.15) is 5.26 Å². The lowest BCUT2D eigenvalue weighted by molar-refractivity contribution is -0.217. The van der Waals surface area contributed by atoms with Crippen molar-refractivity contribution in [3.8, 4) is 0 Å². The molecule has 7 heteroatoms. The van der Waals surface area contributed by atoms with Gasteiger partial charge in [-0.05, 0) is 24.3 Å². The number of carbonyl (C=O) groups excluding carboxylic acids is 2. The van der Waals surface area contributed by atoms with Crippen molar-refractivity contribution in [2.24, 2.45) is 0 Å². The Morgan fingerprint density at radius 3 is 1.67 bits per heavy atom. The lowest BCUT2D eigenvalue weighted by atomic mass is 10.2. The first-order chi connectivity index (χ1) is 10.2. The van der Waals surface area contributed by atoms with Crippen molar-refractivity contribution < 1.29 is 29.9 Å². The summed E-state index contributed by atoms with van der Waals surface area (Å²) in [6.45, 7) is -0.0694.